The standard InChI is InChI=1S/C15H18N2O4S2.ClH/c1-2-21-15(18)14-8-10-7-12(3-4-13(10)22-14)23(19,20)17-11-5-6-16-9-11;/h3-4,7-8,11,16-17H,2,5-6,9H2,1H3;1H. The number of carbonyl (C=O) groups is 1. The lowest BCUT2D eigenvalue weighted by molar-refractivity contribution is 0.0532. The van der Waals surface area contributed by atoms with Crippen molar-refractivity contribution in [2.75, 3.05) is 19.7 Å². The first-order valence-corrected chi connectivity index (χ1v) is 9.73. The molecule has 1 aromatic carbocycles. The van der Waals surface area contributed by atoms with E-state index < -0.39 is 10.0 Å². The molecule has 6 nitrogen and oxygen atoms in total. The Morgan fingerprint density at radius 3 is 2.88 bits per heavy atom. The lowest BCUT2D eigenvalue weighted by Gasteiger charge is -2.11. The van der Waals surface area contributed by atoms with Crippen molar-refractivity contribution in [3.8, 4) is 0 Å². The predicted octanol–water partition coefficient (Wildman–Crippen LogP) is 2.14. The van der Waals surface area contributed by atoms with Gasteiger partial charge in [-0.2, -0.15) is 0 Å². The molecule has 0 spiro atoms. The maximum absolute atomic E-state index is 12.4. The van der Waals surface area contributed by atoms with Gasteiger partial charge in [0, 0.05) is 17.3 Å². The Morgan fingerprint density at radius 2 is 2.21 bits per heavy atom. The van der Waals surface area contributed by atoms with Crippen LogP contribution in [0.1, 0.15) is 23.0 Å². The van der Waals surface area contributed by atoms with Gasteiger partial charge >= 0.3 is 5.97 Å². The highest BCUT2D eigenvalue weighted by atomic mass is 35.5. The summed E-state index contributed by atoms with van der Waals surface area (Å²) >= 11 is 1.30. The van der Waals surface area contributed by atoms with E-state index in [0.717, 1.165) is 23.1 Å². The van der Waals surface area contributed by atoms with E-state index in [0.29, 0.717) is 18.0 Å². The van der Waals surface area contributed by atoms with Crippen molar-refractivity contribution in [2.24, 2.45) is 0 Å². The molecule has 0 bridgehead atoms. The summed E-state index contributed by atoms with van der Waals surface area (Å²) in [6.07, 6.45) is 0.785. The number of hydrogen-bond acceptors (Lipinski definition) is 6. The number of thiophene rings is 1. The van der Waals surface area contributed by atoms with Crippen LogP contribution in [-0.4, -0.2) is 40.1 Å². The number of nitrogens with one attached hydrogen (secondary N) is 2. The number of carbonyl (C=O) groups excluding carboxylic acids is 1. The summed E-state index contributed by atoms with van der Waals surface area (Å²) in [6, 6.07) is 6.49. The number of rotatable bonds is 5. The van der Waals surface area contributed by atoms with E-state index in [1.54, 1.807) is 31.2 Å². The fourth-order valence-corrected chi connectivity index (χ4v) is 4.78. The second kappa shape index (κ2) is 7.79. The third-order valence-electron chi connectivity index (χ3n) is 3.66. The Bertz CT molecular complexity index is 829. The highest BCUT2D eigenvalue weighted by molar-refractivity contribution is 7.89. The zero-order valence-electron chi connectivity index (χ0n) is 13.1. The third-order valence-corrected chi connectivity index (χ3v) is 6.27. The van der Waals surface area contributed by atoms with Gasteiger partial charge in [0.2, 0.25) is 10.0 Å². The van der Waals surface area contributed by atoms with Crippen LogP contribution in [-0.2, 0) is 14.8 Å². The van der Waals surface area contributed by atoms with Crippen LogP contribution in [0.3, 0.4) is 0 Å². The monoisotopic (exact) mass is 390 g/mol. The second-order valence-electron chi connectivity index (χ2n) is 5.34. The van der Waals surface area contributed by atoms with Crippen molar-refractivity contribution in [3.05, 3.63) is 29.1 Å². The molecule has 132 valence electrons. The minimum Gasteiger partial charge on any atom is -0.462 e. The molecule has 1 unspecified atom stereocenters. The smallest absolute Gasteiger partial charge is 0.348 e. The molecular weight excluding hydrogens is 372 g/mol. The first-order chi connectivity index (χ1) is 11.0. The molecule has 0 saturated carbocycles. The molecule has 0 aliphatic carbocycles. The lowest BCUT2D eigenvalue weighted by Crippen LogP contribution is -2.36. The normalized spacial score (nSPS) is 17.6. The van der Waals surface area contributed by atoms with Crippen LogP contribution in [0, 0.1) is 0 Å². The SMILES string of the molecule is CCOC(=O)c1cc2cc(S(=O)(=O)NC3CCNC3)ccc2s1.Cl. The van der Waals surface area contributed by atoms with Gasteiger partial charge in [0.25, 0.3) is 0 Å². The molecule has 1 saturated heterocycles. The van der Waals surface area contributed by atoms with E-state index in [1.165, 1.54) is 11.3 Å². The zero-order valence-corrected chi connectivity index (χ0v) is 15.5. The summed E-state index contributed by atoms with van der Waals surface area (Å²) in [4.78, 5) is 12.5. The first-order valence-electron chi connectivity index (χ1n) is 7.43. The van der Waals surface area contributed by atoms with Crippen molar-refractivity contribution in [3.63, 3.8) is 0 Å². The van der Waals surface area contributed by atoms with E-state index in [4.69, 9.17) is 4.74 Å². The average Bonchev–Trinajstić information content (AvgIpc) is 3.15. The molecule has 2 heterocycles. The summed E-state index contributed by atoms with van der Waals surface area (Å²) in [5.74, 6) is -0.381. The molecule has 1 aliphatic heterocycles. The fraction of sp³-hybridized carbons (Fsp3) is 0.400. The van der Waals surface area contributed by atoms with E-state index in [1.807, 2.05) is 0 Å². The average molecular weight is 391 g/mol. The van der Waals surface area contributed by atoms with Crippen LogP contribution < -0.4 is 10.0 Å². The predicted molar refractivity (Wildman–Crippen MR) is 96.6 cm³/mol. The van der Waals surface area contributed by atoms with Crippen LogP contribution in [0.2, 0.25) is 0 Å². The molecule has 2 N–H and O–H groups in total. The number of halogens is 1. The van der Waals surface area contributed by atoms with E-state index in [2.05, 4.69) is 10.0 Å². The van der Waals surface area contributed by atoms with Gasteiger partial charge in [-0.15, -0.1) is 23.7 Å². The van der Waals surface area contributed by atoms with Gasteiger partial charge in [-0.3, -0.25) is 0 Å². The summed E-state index contributed by atoms with van der Waals surface area (Å²) in [5, 5.41) is 3.85. The second-order valence-corrected chi connectivity index (χ2v) is 8.14. The molecule has 2 aromatic rings. The van der Waals surface area contributed by atoms with Crippen LogP contribution in [0.4, 0.5) is 0 Å². The molecule has 0 amide bonds. The van der Waals surface area contributed by atoms with Gasteiger partial charge in [0.15, 0.2) is 0 Å². The quantitative estimate of drug-likeness (QED) is 0.764. The molecule has 3 rings (SSSR count). The largest absolute Gasteiger partial charge is 0.462 e. The molecule has 24 heavy (non-hydrogen) atoms. The summed E-state index contributed by atoms with van der Waals surface area (Å²) in [5.41, 5.74) is 0. The molecule has 1 atom stereocenters. The number of sulfonamides is 1. The van der Waals surface area contributed by atoms with Crippen molar-refractivity contribution >= 4 is 49.8 Å². The van der Waals surface area contributed by atoms with Crippen LogP contribution >= 0.6 is 23.7 Å². The van der Waals surface area contributed by atoms with Gasteiger partial charge in [0.05, 0.1) is 11.5 Å². The van der Waals surface area contributed by atoms with Gasteiger partial charge in [0.1, 0.15) is 4.88 Å². The molecule has 1 aliphatic rings. The van der Waals surface area contributed by atoms with E-state index in [9.17, 15) is 13.2 Å². The zero-order chi connectivity index (χ0) is 16.4. The molecule has 1 aromatic heterocycles. The Kier molecular flexibility index (Phi) is 6.22. The minimum atomic E-state index is -3.56. The van der Waals surface area contributed by atoms with Gasteiger partial charge in [-0.05, 0) is 49.5 Å². The fourth-order valence-electron chi connectivity index (χ4n) is 2.53. The Labute approximate surface area is 151 Å². The Hall–Kier alpha value is -1.19. The van der Waals surface area contributed by atoms with Gasteiger partial charge in [-0.1, -0.05) is 0 Å². The first kappa shape index (κ1) is 19.1. The minimum absolute atomic E-state index is 0. The molecule has 1 fully saturated rings. The van der Waals surface area contributed by atoms with Crippen molar-refractivity contribution in [1.82, 2.24) is 10.0 Å². The maximum Gasteiger partial charge on any atom is 0.348 e. The maximum atomic E-state index is 12.4. The van der Waals surface area contributed by atoms with Crippen molar-refractivity contribution < 1.29 is 17.9 Å². The Morgan fingerprint density at radius 1 is 1.42 bits per heavy atom. The Balaban J connectivity index is 0.00000208. The summed E-state index contributed by atoms with van der Waals surface area (Å²) in [7, 11) is -3.56. The van der Waals surface area contributed by atoms with Crippen molar-refractivity contribution in [2.45, 2.75) is 24.3 Å². The highest BCUT2D eigenvalue weighted by Gasteiger charge is 2.23. The summed E-state index contributed by atoms with van der Waals surface area (Å²) < 4.78 is 33.4. The van der Waals surface area contributed by atoms with Crippen LogP contribution in [0.25, 0.3) is 10.1 Å². The number of esters is 1. The molecular formula is C15H19ClN2O4S2. The number of ether oxygens (including phenoxy) is 1. The summed E-state index contributed by atoms with van der Waals surface area (Å²) in [6.45, 7) is 3.53. The number of fused-ring (bicyclic) bond motifs is 1. The van der Waals surface area contributed by atoms with Crippen LogP contribution in [0.5, 0.6) is 0 Å². The van der Waals surface area contributed by atoms with Gasteiger partial charge < -0.3 is 10.1 Å². The molecule has 0 radical (unpaired) electrons. The third kappa shape index (κ3) is 4.07. The van der Waals surface area contributed by atoms with E-state index >= 15 is 0 Å². The lowest BCUT2D eigenvalue weighted by atomic mass is 10.2. The van der Waals surface area contributed by atoms with Gasteiger partial charge in [-0.25, -0.2) is 17.9 Å². The number of hydrogen-bond donors (Lipinski definition) is 2. The topological polar surface area (TPSA) is 84.5 Å². The van der Waals surface area contributed by atoms with Crippen molar-refractivity contribution in [1.29, 1.82) is 0 Å². The van der Waals surface area contributed by atoms with E-state index in [-0.39, 0.29) is 29.3 Å². The number of benzene rings is 1. The molecule has 9 heteroatoms. The highest BCUT2D eigenvalue weighted by Crippen LogP contribution is 2.28. The van der Waals surface area contributed by atoms with Crippen LogP contribution in [0.15, 0.2) is 29.2 Å².